The predicted octanol–water partition coefficient (Wildman–Crippen LogP) is 3.17. The summed E-state index contributed by atoms with van der Waals surface area (Å²) >= 11 is 13.0. The van der Waals surface area contributed by atoms with Crippen molar-refractivity contribution in [1.82, 2.24) is 9.55 Å². The zero-order valence-electron chi connectivity index (χ0n) is 10.5. The molecule has 0 N–H and O–H groups in total. The lowest BCUT2D eigenvalue weighted by Gasteiger charge is -2.36. The Balaban J connectivity index is 2.18. The largest absolute Gasteiger partial charge is 0.370 e. The lowest BCUT2D eigenvalue weighted by atomic mass is 9.92. The molecule has 0 aliphatic heterocycles. The summed E-state index contributed by atoms with van der Waals surface area (Å²) in [5, 5.41) is -0.322. The number of alkyl halides is 2. The van der Waals surface area contributed by atoms with Gasteiger partial charge in [-0.1, -0.05) is 30.4 Å². The van der Waals surface area contributed by atoms with E-state index in [0.29, 0.717) is 13.2 Å². The highest BCUT2D eigenvalue weighted by atomic mass is 35.5. The summed E-state index contributed by atoms with van der Waals surface area (Å²) in [6, 6.07) is 0. The van der Waals surface area contributed by atoms with E-state index in [9.17, 15) is 0 Å². The van der Waals surface area contributed by atoms with Crippen molar-refractivity contribution in [2.24, 2.45) is 0 Å². The van der Waals surface area contributed by atoms with Gasteiger partial charge in [-0.25, -0.2) is 4.98 Å². The van der Waals surface area contributed by atoms with Crippen LogP contribution in [-0.4, -0.2) is 32.5 Å². The topological polar surface area (TPSA) is 27.1 Å². The number of allylic oxidation sites excluding steroid dienone is 3. The maximum Gasteiger partial charge on any atom is 0.111 e. The van der Waals surface area contributed by atoms with E-state index in [1.165, 1.54) is 0 Å². The van der Waals surface area contributed by atoms with Crippen molar-refractivity contribution in [3.63, 3.8) is 0 Å². The Morgan fingerprint density at radius 3 is 3.00 bits per heavy atom. The average Bonchev–Trinajstić information content (AvgIpc) is 2.91. The van der Waals surface area contributed by atoms with E-state index in [2.05, 4.69) is 11.6 Å². The monoisotopic (exact) mass is 298 g/mol. The molecule has 1 aromatic heterocycles. The van der Waals surface area contributed by atoms with Crippen molar-refractivity contribution in [2.45, 2.75) is 22.9 Å². The Hall–Kier alpha value is -1.03. The SMILES string of the molecule is C=CCOC(Cn1ccnc1)C1(Cl)C=CC=CC1Cl. The van der Waals surface area contributed by atoms with Crippen molar-refractivity contribution in [3.05, 3.63) is 55.7 Å². The molecule has 1 aliphatic carbocycles. The summed E-state index contributed by atoms with van der Waals surface area (Å²) in [6.07, 6.45) is 14.3. The standard InChI is InChI=1S/C14H16Cl2N2O/c1-2-9-19-13(10-18-8-7-17-11-18)14(16)6-4-3-5-12(14)15/h2-8,11-13H,1,9-10H2. The summed E-state index contributed by atoms with van der Waals surface area (Å²) in [4.78, 5) is 3.25. The Labute approximate surface area is 123 Å². The van der Waals surface area contributed by atoms with Gasteiger partial charge in [-0.2, -0.15) is 0 Å². The zero-order chi connectivity index (χ0) is 13.7. The van der Waals surface area contributed by atoms with E-state index >= 15 is 0 Å². The van der Waals surface area contributed by atoms with Crippen molar-refractivity contribution in [2.75, 3.05) is 6.61 Å². The minimum Gasteiger partial charge on any atom is -0.370 e. The minimum atomic E-state index is -0.774. The summed E-state index contributed by atoms with van der Waals surface area (Å²) in [6.45, 7) is 4.67. The number of rotatable bonds is 6. The molecule has 1 heterocycles. The molecular weight excluding hydrogens is 283 g/mol. The van der Waals surface area contributed by atoms with Crippen LogP contribution in [0.25, 0.3) is 0 Å². The Morgan fingerprint density at radius 1 is 1.53 bits per heavy atom. The van der Waals surface area contributed by atoms with Crippen LogP contribution in [0.3, 0.4) is 0 Å². The second-order valence-electron chi connectivity index (χ2n) is 4.34. The van der Waals surface area contributed by atoms with Crippen LogP contribution in [-0.2, 0) is 11.3 Å². The lowest BCUT2D eigenvalue weighted by molar-refractivity contribution is 0.0416. The van der Waals surface area contributed by atoms with Crippen LogP contribution in [0, 0.1) is 0 Å². The van der Waals surface area contributed by atoms with Crippen LogP contribution in [0.15, 0.2) is 55.7 Å². The molecule has 19 heavy (non-hydrogen) atoms. The highest BCUT2D eigenvalue weighted by molar-refractivity contribution is 6.34. The molecule has 0 amide bonds. The van der Waals surface area contributed by atoms with E-state index in [0.717, 1.165) is 0 Å². The van der Waals surface area contributed by atoms with Gasteiger partial charge in [0, 0.05) is 12.4 Å². The third kappa shape index (κ3) is 3.30. The van der Waals surface area contributed by atoms with Crippen molar-refractivity contribution in [3.8, 4) is 0 Å². The number of hydrogen-bond acceptors (Lipinski definition) is 2. The number of nitrogens with zero attached hydrogens (tertiary/aromatic N) is 2. The molecule has 0 radical (unpaired) electrons. The highest BCUT2D eigenvalue weighted by Gasteiger charge is 2.42. The van der Waals surface area contributed by atoms with E-state index in [4.69, 9.17) is 27.9 Å². The maximum absolute atomic E-state index is 6.68. The van der Waals surface area contributed by atoms with Crippen LogP contribution >= 0.6 is 23.2 Å². The van der Waals surface area contributed by atoms with Crippen molar-refractivity contribution >= 4 is 23.2 Å². The number of hydrogen-bond donors (Lipinski definition) is 0. The fourth-order valence-electron chi connectivity index (χ4n) is 1.98. The van der Waals surface area contributed by atoms with Gasteiger partial charge in [-0.05, 0) is 0 Å². The van der Waals surface area contributed by atoms with Gasteiger partial charge >= 0.3 is 0 Å². The Bertz CT molecular complexity index is 470. The molecule has 3 unspecified atom stereocenters. The zero-order valence-corrected chi connectivity index (χ0v) is 12.0. The summed E-state index contributed by atoms with van der Waals surface area (Å²) in [5.74, 6) is 0. The fraction of sp³-hybridized carbons (Fsp3) is 0.357. The number of imidazole rings is 1. The highest BCUT2D eigenvalue weighted by Crippen LogP contribution is 2.36. The molecule has 1 aromatic rings. The molecule has 0 saturated carbocycles. The number of aromatic nitrogens is 2. The number of halogens is 2. The molecule has 0 aromatic carbocycles. The minimum absolute atomic E-state index is 0.273. The lowest BCUT2D eigenvalue weighted by Crippen LogP contribution is -2.47. The summed E-state index contributed by atoms with van der Waals surface area (Å²) in [7, 11) is 0. The molecule has 3 atom stereocenters. The van der Waals surface area contributed by atoms with E-state index in [-0.39, 0.29) is 11.5 Å². The molecule has 0 bridgehead atoms. The van der Waals surface area contributed by atoms with Gasteiger partial charge in [-0.15, -0.1) is 29.8 Å². The summed E-state index contributed by atoms with van der Waals surface area (Å²) < 4.78 is 7.73. The maximum atomic E-state index is 6.68. The predicted molar refractivity (Wildman–Crippen MR) is 78.7 cm³/mol. The summed E-state index contributed by atoms with van der Waals surface area (Å²) in [5.41, 5.74) is 0. The van der Waals surface area contributed by atoms with Gasteiger partial charge in [0.15, 0.2) is 0 Å². The molecule has 0 saturated heterocycles. The van der Waals surface area contributed by atoms with Crippen LogP contribution in [0.1, 0.15) is 0 Å². The van der Waals surface area contributed by atoms with Gasteiger partial charge in [0.2, 0.25) is 0 Å². The second-order valence-corrected chi connectivity index (χ2v) is 5.47. The molecule has 102 valence electrons. The molecule has 2 rings (SSSR count). The first-order chi connectivity index (χ1) is 9.16. The van der Waals surface area contributed by atoms with Crippen LogP contribution in [0.5, 0.6) is 0 Å². The van der Waals surface area contributed by atoms with Gasteiger partial charge in [-0.3, -0.25) is 0 Å². The first kappa shape index (κ1) is 14.4. The van der Waals surface area contributed by atoms with E-state index in [1.807, 2.05) is 35.1 Å². The normalized spacial score (nSPS) is 27.4. The first-order valence-corrected chi connectivity index (χ1v) is 6.85. The van der Waals surface area contributed by atoms with E-state index < -0.39 is 4.87 Å². The number of ether oxygens (including phenoxy) is 1. The third-order valence-corrected chi connectivity index (χ3v) is 4.23. The average molecular weight is 299 g/mol. The molecular formula is C14H16Cl2N2O. The Morgan fingerprint density at radius 2 is 2.37 bits per heavy atom. The van der Waals surface area contributed by atoms with Crippen LogP contribution in [0.2, 0.25) is 0 Å². The van der Waals surface area contributed by atoms with Gasteiger partial charge < -0.3 is 9.30 Å². The third-order valence-electron chi connectivity index (χ3n) is 3.01. The Kier molecular flexibility index (Phi) is 4.86. The smallest absolute Gasteiger partial charge is 0.111 e. The molecule has 0 fully saturated rings. The molecule has 1 aliphatic rings. The van der Waals surface area contributed by atoms with E-state index in [1.54, 1.807) is 18.6 Å². The van der Waals surface area contributed by atoms with Gasteiger partial charge in [0.1, 0.15) is 11.0 Å². The molecule has 3 nitrogen and oxygen atoms in total. The molecule has 5 heteroatoms. The molecule has 0 spiro atoms. The van der Waals surface area contributed by atoms with Crippen molar-refractivity contribution < 1.29 is 4.74 Å². The van der Waals surface area contributed by atoms with Gasteiger partial charge in [0.25, 0.3) is 0 Å². The van der Waals surface area contributed by atoms with Gasteiger partial charge in [0.05, 0.1) is 24.9 Å². The second kappa shape index (κ2) is 6.42. The van der Waals surface area contributed by atoms with Crippen LogP contribution < -0.4 is 0 Å². The van der Waals surface area contributed by atoms with Crippen LogP contribution in [0.4, 0.5) is 0 Å². The quantitative estimate of drug-likeness (QED) is 0.596. The fourth-order valence-corrected chi connectivity index (χ4v) is 2.55. The van der Waals surface area contributed by atoms with Crippen molar-refractivity contribution in [1.29, 1.82) is 0 Å². The first-order valence-electron chi connectivity index (χ1n) is 6.04.